The highest BCUT2D eigenvalue weighted by molar-refractivity contribution is 7.91. The van der Waals surface area contributed by atoms with E-state index in [9.17, 15) is 8.94 Å². The Morgan fingerprint density at radius 2 is 1.81 bits per heavy atom. The molecule has 9 nitrogen and oxygen atoms in total. The van der Waals surface area contributed by atoms with Gasteiger partial charge in [0.2, 0.25) is 16.8 Å². The van der Waals surface area contributed by atoms with Crippen LogP contribution in [0, 0.1) is 5.82 Å². The van der Waals surface area contributed by atoms with Crippen molar-refractivity contribution in [1.82, 2.24) is 19.5 Å². The van der Waals surface area contributed by atoms with E-state index >= 15 is 0 Å². The summed E-state index contributed by atoms with van der Waals surface area (Å²) < 4.78 is 34.0. The van der Waals surface area contributed by atoms with Crippen molar-refractivity contribution in [2.75, 3.05) is 54.2 Å². The van der Waals surface area contributed by atoms with Crippen LogP contribution < -0.4 is 19.9 Å². The molecule has 1 fully saturated rings. The average molecular weight is 508 g/mol. The van der Waals surface area contributed by atoms with Crippen LogP contribution in [0.3, 0.4) is 0 Å². The van der Waals surface area contributed by atoms with Crippen molar-refractivity contribution in [3.8, 4) is 5.75 Å². The Morgan fingerprint density at radius 3 is 2.58 bits per heavy atom. The molecule has 11 heteroatoms. The van der Waals surface area contributed by atoms with Gasteiger partial charge in [-0.15, -0.1) is 0 Å². The minimum absolute atomic E-state index is 0.345. The molecule has 0 radical (unpaired) electrons. The molecule has 186 valence electrons. The van der Waals surface area contributed by atoms with Crippen LogP contribution in [-0.4, -0.2) is 63.1 Å². The number of ether oxygens (including phenoxy) is 1. The second-order valence-electron chi connectivity index (χ2n) is 8.86. The van der Waals surface area contributed by atoms with E-state index in [0.29, 0.717) is 47.6 Å². The van der Waals surface area contributed by atoms with Gasteiger partial charge in [-0.05, 0) is 41.5 Å². The zero-order valence-corrected chi connectivity index (χ0v) is 20.9. The Bertz CT molecular complexity index is 1440. The van der Waals surface area contributed by atoms with Gasteiger partial charge in [0, 0.05) is 45.3 Å². The average Bonchev–Trinajstić information content (AvgIpc) is 3.44. The van der Waals surface area contributed by atoms with Crippen molar-refractivity contribution in [1.29, 1.82) is 0 Å². The maximum atomic E-state index is 13.7. The van der Waals surface area contributed by atoms with Gasteiger partial charge in [-0.1, -0.05) is 12.1 Å². The second kappa shape index (κ2) is 9.14. The molecule has 0 saturated carbocycles. The van der Waals surface area contributed by atoms with E-state index in [2.05, 4.69) is 19.7 Å². The zero-order chi connectivity index (χ0) is 24.8. The SMILES string of the molecule is COc1cccc2c1nc(N1CCN(c3nc4c(c(Nc5cccc(F)c5)n3)[S+]([O-])CC4)CC1)n2C. The fourth-order valence-corrected chi connectivity index (χ4v) is 6.15. The third kappa shape index (κ3) is 3.97. The van der Waals surface area contributed by atoms with Gasteiger partial charge in [0.1, 0.15) is 28.5 Å². The standard InChI is InChI=1S/C25H26FN7O2S/c1-31-19-7-4-8-20(35-2)21(19)29-25(31)33-12-10-32(11-13-33)24-28-18-9-14-36(34)22(18)23(30-24)27-17-6-3-5-16(26)15-17/h3-8,15H,9-14H2,1-2H3,(H,27,28,30). The minimum Gasteiger partial charge on any atom is -0.611 e. The number of aromatic nitrogens is 4. The normalized spacial score (nSPS) is 17.5. The summed E-state index contributed by atoms with van der Waals surface area (Å²) in [5.41, 5.74) is 3.23. The number of halogens is 1. The Hall–Kier alpha value is -3.57. The summed E-state index contributed by atoms with van der Waals surface area (Å²) in [5, 5.41) is 3.18. The summed E-state index contributed by atoms with van der Waals surface area (Å²) in [5.74, 6) is 2.92. The summed E-state index contributed by atoms with van der Waals surface area (Å²) in [6.07, 6.45) is 0.636. The number of benzene rings is 2. The summed E-state index contributed by atoms with van der Waals surface area (Å²) in [6, 6.07) is 12.1. The van der Waals surface area contributed by atoms with Gasteiger partial charge in [0.05, 0.1) is 12.6 Å². The number of imidazole rings is 1. The fourth-order valence-electron chi connectivity index (χ4n) is 4.84. The van der Waals surface area contributed by atoms with E-state index in [1.54, 1.807) is 19.2 Å². The maximum Gasteiger partial charge on any atom is 0.228 e. The molecule has 0 aliphatic carbocycles. The third-order valence-electron chi connectivity index (χ3n) is 6.68. The number of aryl methyl sites for hydroxylation is 2. The number of para-hydroxylation sites is 1. The largest absolute Gasteiger partial charge is 0.611 e. The Morgan fingerprint density at radius 1 is 1.03 bits per heavy atom. The molecule has 2 aliphatic rings. The highest BCUT2D eigenvalue weighted by atomic mass is 32.2. The summed E-state index contributed by atoms with van der Waals surface area (Å²) in [4.78, 5) is 19.4. The first-order valence-electron chi connectivity index (χ1n) is 11.8. The van der Waals surface area contributed by atoms with Crippen molar-refractivity contribution in [2.24, 2.45) is 7.05 Å². The molecule has 0 bridgehead atoms. The maximum absolute atomic E-state index is 13.7. The Labute approximate surface area is 211 Å². The molecule has 1 unspecified atom stereocenters. The first-order valence-corrected chi connectivity index (χ1v) is 13.1. The van der Waals surface area contributed by atoms with Crippen LogP contribution in [0.15, 0.2) is 47.4 Å². The van der Waals surface area contributed by atoms with Gasteiger partial charge in [-0.2, -0.15) is 4.98 Å². The van der Waals surface area contributed by atoms with E-state index in [1.165, 1.54) is 12.1 Å². The number of methoxy groups -OCH3 is 1. The van der Waals surface area contributed by atoms with E-state index in [1.807, 2.05) is 25.2 Å². The van der Waals surface area contributed by atoms with Gasteiger partial charge >= 0.3 is 0 Å². The summed E-state index contributed by atoms with van der Waals surface area (Å²) >= 11 is -1.17. The molecule has 4 aromatic rings. The van der Waals surface area contributed by atoms with Crippen molar-refractivity contribution in [3.63, 3.8) is 0 Å². The molecule has 6 rings (SSSR count). The lowest BCUT2D eigenvalue weighted by Gasteiger charge is -2.35. The van der Waals surface area contributed by atoms with Gasteiger partial charge in [-0.25, -0.2) is 14.4 Å². The number of nitrogens with zero attached hydrogens (tertiary/aromatic N) is 6. The minimum atomic E-state index is -1.17. The van der Waals surface area contributed by atoms with E-state index in [-0.39, 0.29) is 5.82 Å². The summed E-state index contributed by atoms with van der Waals surface area (Å²) in [7, 11) is 3.68. The highest BCUT2D eigenvalue weighted by Crippen LogP contribution is 2.34. The van der Waals surface area contributed by atoms with E-state index in [4.69, 9.17) is 19.7 Å². The van der Waals surface area contributed by atoms with Crippen molar-refractivity contribution >= 4 is 45.6 Å². The van der Waals surface area contributed by atoms with Crippen molar-refractivity contribution < 1.29 is 13.7 Å². The number of rotatable bonds is 5. The molecule has 4 heterocycles. The molecular weight excluding hydrogens is 481 g/mol. The molecule has 2 aromatic carbocycles. The predicted molar refractivity (Wildman–Crippen MR) is 138 cm³/mol. The second-order valence-corrected chi connectivity index (χ2v) is 10.4. The first kappa shape index (κ1) is 22.9. The van der Waals surface area contributed by atoms with Crippen molar-refractivity contribution in [3.05, 3.63) is 54.0 Å². The van der Waals surface area contributed by atoms with Crippen molar-refractivity contribution in [2.45, 2.75) is 11.3 Å². The number of hydrogen-bond donors (Lipinski definition) is 1. The number of fused-ring (bicyclic) bond motifs is 2. The van der Waals surface area contributed by atoms with Gasteiger partial charge in [0.25, 0.3) is 0 Å². The predicted octanol–water partition coefficient (Wildman–Crippen LogP) is 3.24. The third-order valence-corrected chi connectivity index (χ3v) is 8.14. The van der Waals surface area contributed by atoms with Crippen LogP contribution in [0.2, 0.25) is 0 Å². The molecular formula is C25H26FN7O2S. The number of nitrogens with one attached hydrogen (secondary N) is 1. The zero-order valence-electron chi connectivity index (χ0n) is 20.1. The monoisotopic (exact) mass is 507 g/mol. The Balaban J connectivity index is 1.25. The van der Waals surface area contributed by atoms with Crippen LogP contribution in [0.25, 0.3) is 11.0 Å². The summed E-state index contributed by atoms with van der Waals surface area (Å²) in [6.45, 7) is 2.92. The molecule has 1 atom stereocenters. The fraction of sp³-hybridized carbons (Fsp3) is 0.320. The lowest BCUT2D eigenvalue weighted by Crippen LogP contribution is -2.48. The smallest absolute Gasteiger partial charge is 0.228 e. The lowest BCUT2D eigenvalue weighted by molar-refractivity contribution is 0.419. The van der Waals surface area contributed by atoms with Gasteiger partial charge in [0.15, 0.2) is 5.82 Å². The van der Waals surface area contributed by atoms with Crippen LogP contribution >= 0.6 is 0 Å². The number of anilines is 4. The molecule has 1 saturated heterocycles. The van der Waals surface area contributed by atoms with Crippen LogP contribution in [0.4, 0.5) is 27.8 Å². The van der Waals surface area contributed by atoms with Gasteiger partial charge in [-0.3, -0.25) is 0 Å². The molecule has 1 N–H and O–H groups in total. The van der Waals surface area contributed by atoms with Gasteiger partial charge < -0.3 is 29.0 Å². The molecule has 2 aliphatic heterocycles. The molecule has 36 heavy (non-hydrogen) atoms. The van der Waals surface area contributed by atoms with E-state index in [0.717, 1.165) is 41.5 Å². The highest BCUT2D eigenvalue weighted by Gasteiger charge is 2.33. The molecule has 2 aromatic heterocycles. The molecule has 0 amide bonds. The quantitative estimate of drug-likeness (QED) is 0.412. The van der Waals surface area contributed by atoms with Crippen LogP contribution in [0.1, 0.15) is 5.69 Å². The lowest BCUT2D eigenvalue weighted by atomic mass is 10.3. The van der Waals surface area contributed by atoms with Crippen LogP contribution in [0.5, 0.6) is 5.75 Å². The Kier molecular flexibility index (Phi) is 5.81. The topological polar surface area (TPSA) is 94.4 Å². The number of hydrogen-bond acceptors (Lipinski definition) is 8. The van der Waals surface area contributed by atoms with E-state index < -0.39 is 11.2 Å². The molecule has 0 spiro atoms. The van der Waals surface area contributed by atoms with Crippen LogP contribution in [-0.2, 0) is 24.6 Å². The number of piperazine rings is 1. The first-order chi connectivity index (χ1) is 17.5.